The zero-order valence-corrected chi connectivity index (χ0v) is 20.4. The van der Waals surface area contributed by atoms with Crippen LogP contribution in [0.1, 0.15) is 22.3 Å². The summed E-state index contributed by atoms with van der Waals surface area (Å²) in [6.45, 7) is 4.57. The SMILES string of the molecule is COc1ccccc1NC(=O)N(Cc1ccc2c(c1)OCO2)Cc1cc2cc(C)c(C)cc2[nH]c1=O. The van der Waals surface area contributed by atoms with E-state index in [9.17, 15) is 9.59 Å². The number of aryl methyl sites for hydroxylation is 2. The summed E-state index contributed by atoms with van der Waals surface area (Å²) in [5, 5.41) is 3.84. The maximum Gasteiger partial charge on any atom is 0.322 e. The Bertz CT molecular complexity index is 1510. The number of carbonyl (C=O) groups is 1. The molecular formula is C28H27N3O5. The van der Waals surface area contributed by atoms with E-state index in [0.717, 1.165) is 27.6 Å². The van der Waals surface area contributed by atoms with Crippen LogP contribution in [0.4, 0.5) is 10.5 Å². The van der Waals surface area contributed by atoms with E-state index in [1.165, 1.54) is 0 Å². The fraction of sp³-hybridized carbons (Fsp3) is 0.214. The second kappa shape index (κ2) is 9.65. The number of aromatic nitrogens is 1. The van der Waals surface area contributed by atoms with Crippen molar-refractivity contribution in [2.24, 2.45) is 0 Å². The normalized spacial score (nSPS) is 12.0. The third-order valence-corrected chi connectivity index (χ3v) is 6.34. The lowest BCUT2D eigenvalue weighted by Gasteiger charge is -2.24. The van der Waals surface area contributed by atoms with Crippen molar-refractivity contribution in [1.82, 2.24) is 9.88 Å². The van der Waals surface area contributed by atoms with E-state index in [4.69, 9.17) is 14.2 Å². The van der Waals surface area contributed by atoms with Crippen LogP contribution in [0.15, 0.2) is 65.5 Å². The molecule has 8 nitrogen and oxygen atoms in total. The standard InChI is InChI=1S/C28H27N3O5/c1-17-10-20-13-21(27(32)29-23(20)11-18(17)2)15-31(14-19-8-9-25-26(12-19)36-16-35-25)28(33)30-22-6-4-5-7-24(22)34-3/h4-13H,14-16H2,1-3H3,(H,29,32)(H,30,33). The van der Waals surface area contributed by atoms with Gasteiger partial charge in [0.2, 0.25) is 6.79 Å². The second-order valence-electron chi connectivity index (χ2n) is 8.82. The number of nitrogens with zero attached hydrogens (tertiary/aromatic N) is 1. The molecule has 0 unspecified atom stereocenters. The van der Waals surface area contributed by atoms with Gasteiger partial charge in [-0.3, -0.25) is 4.79 Å². The number of pyridine rings is 1. The van der Waals surface area contributed by atoms with Crippen molar-refractivity contribution in [3.63, 3.8) is 0 Å². The summed E-state index contributed by atoms with van der Waals surface area (Å²) in [7, 11) is 1.55. The van der Waals surface area contributed by atoms with Crippen LogP contribution < -0.4 is 25.1 Å². The molecule has 2 amide bonds. The van der Waals surface area contributed by atoms with E-state index in [1.54, 1.807) is 24.1 Å². The number of H-pyrrole nitrogens is 1. The van der Waals surface area contributed by atoms with Crippen LogP contribution in [0.3, 0.4) is 0 Å². The van der Waals surface area contributed by atoms with Gasteiger partial charge in [0.25, 0.3) is 5.56 Å². The molecule has 1 aliphatic rings. The number of fused-ring (bicyclic) bond motifs is 2. The van der Waals surface area contributed by atoms with Crippen molar-refractivity contribution in [3.05, 3.63) is 93.3 Å². The van der Waals surface area contributed by atoms with Gasteiger partial charge in [0, 0.05) is 17.6 Å². The quantitative estimate of drug-likeness (QED) is 0.396. The number of methoxy groups -OCH3 is 1. The van der Waals surface area contributed by atoms with Gasteiger partial charge in [0.15, 0.2) is 11.5 Å². The molecule has 0 bridgehead atoms. The molecule has 4 aromatic rings. The summed E-state index contributed by atoms with van der Waals surface area (Å²) in [5.74, 6) is 1.84. The number of benzene rings is 3. The highest BCUT2D eigenvalue weighted by atomic mass is 16.7. The summed E-state index contributed by atoms with van der Waals surface area (Å²) in [6.07, 6.45) is 0. The summed E-state index contributed by atoms with van der Waals surface area (Å²) < 4.78 is 16.3. The summed E-state index contributed by atoms with van der Waals surface area (Å²) in [5.41, 5.74) is 4.65. The van der Waals surface area contributed by atoms with Crippen LogP contribution in [-0.2, 0) is 13.1 Å². The monoisotopic (exact) mass is 485 g/mol. The smallest absolute Gasteiger partial charge is 0.322 e. The highest BCUT2D eigenvalue weighted by Crippen LogP contribution is 2.33. The first-order valence-corrected chi connectivity index (χ1v) is 11.6. The highest BCUT2D eigenvalue weighted by Gasteiger charge is 2.20. The Morgan fingerprint density at radius 1 is 1.00 bits per heavy atom. The Labute approximate surface area is 208 Å². The van der Waals surface area contributed by atoms with Crippen LogP contribution >= 0.6 is 0 Å². The lowest BCUT2D eigenvalue weighted by atomic mass is 10.0. The molecule has 8 heteroatoms. The topological polar surface area (TPSA) is 92.9 Å². The van der Waals surface area contributed by atoms with Gasteiger partial charge in [-0.05, 0) is 78.4 Å². The molecule has 0 saturated heterocycles. The number of ether oxygens (including phenoxy) is 3. The van der Waals surface area contributed by atoms with E-state index in [1.807, 2.05) is 62.4 Å². The maximum absolute atomic E-state index is 13.5. The van der Waals surface area contributed by atoms with Gasteiger partial charge in [-0.25, -0.2) is 4.79 Å². The zero-order chi connectivity index (χ0) is 25.2. The molecule has 1 aliphatic heterocycles. The molecule has 2 N–H and O–H groups in total. The van der Waals surface area contributed by atoms with Gasteiger partial charge in [-0.1, -0.05) is 18.2 Å². The number of aromatic amines is 1. The number of hydrogen-bond donors (Lipinski definition) is 2. The van der Waals surface area contributed by atoms with Crippen LogP contribution in [0.25, 0.3) is 10.9 Å². The van der Waals surface area contributed by atoms with Crippen molar-refractivity contribution in [3.8, 4) is 17.2 Å². The van der Waals surface area contributed by atoms with E-state index < -0.39 is 0 Å². The van der Waals surface area contributed by atoms with Crippen LogP contribution in [0, 0.1) is 13.8 Å². The highest BCUT2D eigenvalue weighted by molar-refractivity contribution is 5.91. The molecule has 0 atom stereocenters. The summed E-state index contributed by atoms with van der Waals surface area (Å²) >= 11 is 0. The largest absolute Gasteiger partial charge is 0.495 e. The van der Waals surface area contributed by atoms with Crippen LogP contribution in [0.5, 0.6) is 17.2 Å². The van der Waals surface area contributed by atoms with E-state index in [0.29, 0.717) is 28.5 Å². The third kappa shape index (κ3) is 4.70. The molecular weight excluding hydrogens is 458 g/mol. The van der Waals surface area contributed by atoms with Crippen LogP contribution in [0.2, 0.25) is 0 Å². The molecule has 0 saturated carbocycles. The van der Waals surface area contributed by atoms with E-state index in [2.05, 4.69) is 10.3 Å². The Balaban J connectivity index is 1.48. The van der Waals surface area contributed by atoms with Crippen LogP contribution in [-0.4, -0.2) is 29.8 Å². The molecule has 1 aromatic heterocycles. The van der Waals surface area contributed by atoms with Gasteiger partial charge < -0.3 is 29.4 Å². The number of nitrogens with one attached hydrogen (secondary N) is 2. The number of rotatable bonds is 6. The fourth-order valence-corrected chi connectivity index (χ4v) is 4.25. The van der Waals surface area contributed by atoms with E-state index >= 15 is 0 Å². The summed E-state index contributed by atoms with van der Waals surface area (Å²) in [4.78, 5) is 31.0. The number of carbonyl (C=O) groups excluding carboxylic acids is 1. The Morgan fingerprint density at radius 3 is 2.61 bits per heavy atom. The molecule has 0 radical (unpaired) electrons. The number of hydrogen-bond acceptors (Lipinski definition) is 5. The first-order valence-electron chi connectivity index (χ1n) is 11.6. The van der Waals surface area contributed by atoms with Crippen molar-refractivity contribution in [2.75, 3.05) is 19.2 Å². The first kappa shape index (κ1) is 23.3. The lowest BCUT2D eigenvalue weighted by Crippen LogP contribution is -2.35. The molecule has 0 spiro atoms. The Morgan fingerprint density at radius 2 is 1.78 bits per heavy atom. The number of urea groups is 1. The fourth-order valence-electron chi connectivity index (χ4n) is 4.25. The zero-order valence-electron chi connectivity index (χ0n) is 20.4. The predicted molar refractivity (Wildman–Crippen MR) is 138 cm³/mol. The van der Waals surface area contributed by atoms with Crippen molar-refractivity contribution >= 4 is 22.6 Å². The lowest BCUT2D eigenvalue weighted by molar-refractivity contribution is 0.174. The molecule has 0 fully saturated rings. The van der Waals surface area contributed by atoms with Crippen molar-refractivity contribution in [2.45, 2.75) is 26.9 Å². The molecule has 36 heavy (non-hydrogen) atoms. The minimum atomic E-state index is -0.364. The Kier molecular flexibility index (Phi) is 6.25. The summed E-state index contributed by atoms with van der Waals surface area (Å²) in [6, 6.07) is 18.2. The number of amides is 2. The van der Waals surface area contributed by atoms with Gasteiger partial charge in [0.05, 0.1) is 19.3 Å². The maximum atomic E-state index is 13.5. The van der Waals surface area contributed by atoms with Gasteiger partial charge in [-0.2, -0.15) is 0 Å². The third-order valence-electron chi connectivity index (χ3n) is 6.34. The van der Waals surface area contributed by atoms with Gasteiger partial charge in [0.1, 0.15) is 5.75 Å². The average Bonchev–Trinajstić information content (AvgIpc) is 3.33. The average molecular weight is 486 g/mol. The molecule has 2 heterocycles. The Hall–Kier alpha value is -4.46. The minimum Gasteiger partial charge on any atom is -0.495 e. The van der Waals surface area contributed by atoms with E-state index in [-0.39, 0.29) is 31.5 Å². The predicted octanol–water partition coefficient (Wildman–Crippen LogP) is 5.12. The minimum absolute atomic E-state index is 0.105. The van der Waals surface area contributed by atoms with Gasteiger partial charge >= 0.3 is 6.03 Å². The number of anilines is 1. The first-order chi connectivity index (χ1) is 17.4. The molecule has 0 aliphatic carbocycles. The van der Waals surface area contributed by atoms with Crippen molar-refractivity contribution < 1.29 is 19.0 Å². The molecule has 5 rings (SSSR count). The number of para-hydroxylation sites is 2. The second-order valence-corrected chi connectivity index (χ2v) is 8.82. The molecule has 3 aromatic carbocycles. The van der Waals surface area contributed by atoms with Gasteiger partial charge in [-0.15, -0.1) is 0 Å². The molecule has 184 valence electrons. The van der Waals surface area contributed by atoms with Crippen molar-refractivity contribution in [1.29, 1.82) is 0 Å².